The maximum Gasteiger partial charge on any atom is 0.303 e. The van der Waals surface area contributed by atoms with Gasteiger partial charge in [0.2, 0.25) is 5.91 Å². The second-order valence-electron chi connectivity index (χ2n) is 3.82. The third-order valence-corrected chi connectivity index (χ3v) is 2.30. The first-order valence-corrected chi connectivity index (χ1v) is 6.18. The Labute approximate surface area is 113 Å². The third-order valence-electron chi connectivity index (χ3n) is 2.30. The quantitative estimate of drug-likeness (QED) is 0.508. The lowest BCUT2D eigenvalue weighted by molar-refractivity contribution is -0.153. The van der Waals surface area contributed by atoms with E-state index in [1.54, 1.807) is 4.90 Å². The predicted molar refractivity (Wildman–Crippen MR) is 69.3 cm³/mol. The van der Waals surface area contributed by atoms with E-state index in [2.05, 4.69) is 0 Å². The molecule has 0 N–H and O–H groups in total. The highest BCUT2D eigenvalue weighted by molar-refractivity contribution is 5.87. The minimum atomic E-state index is -0.749. The lowest BCUT2D eigenvalue weighted by Crippen LogP contribution is -2.29. The summed E-state index contributed by atoms with van der Waals surface area (Å²) in [5, 5.41) is 0. The van der Waals surface area contributed by atoms with Gasteiger partial charge in [0, 0.05) is 33.0 Å². The Morgan fingerprint density at radius 1 is 1.11 bits per heavy atom. The summed E-state index contributed by atoms with van der Waals surface area (Å²) < 4.78 is 9.68. The first-order chi connectivity index (χ1) is 8.90. The van der Waals surface area contributed by atoms with Crippen LogP contribution < -0.4 is 0 Å². The number of rotatable bonds is 7. The number of amides is 1. The third kappa shape index (κ3) is 7.96. The number of hydrogen-bond donors (Lipinski definition) is 0. The van der Waals surface area contributed by atoms with Crippen LogP contribution in [-0.2, 0) is 23.9 Å². The Balaban J connectivity index is 4.56. The van der Waals surface area contributed by atoms with Crippen molar-refractivity contribution in [3.8, 4) is 0 Å². The summed E-state index contributed by atoms with van der Waals surface area (Å²) in [6, 6.07) is 0. The van der Waals surface area contributed by atoms with Crippen molar-refractivity contribution in [2.45, 2.75) is 33.8 Å². The highest BCUT2D eigenvalue weighted by Crippen LogP contribution is 1.99. The molecule has 0 heterocycles. The average Bonchev–Trinajstić information content (AvgIpc) is 2.33. The molecule has 108 valence electrons. The Bertz CT molecular complexity index is 347. The van der Waals surface area contributed by atoms with Crippen LogP contribution in [0.5, 0.6) is 0 Å². The zero-order valence-corrected chi connectivity index (χ0v) is 11.8. The Kier molecular flexibility index (Phi) is 8.24. The molecule has 19 heavy (non-hydrogen) atoms. The Hall–Kier alpha value is -1.85. The predicted octanol–water partition coefficient (Wildman–Crippen LogP) is 0.906. The largest absolute Gasteiger partial charge is 0.462 e. The van der Waals surface area contributed by atoms with Gasteiger partial charge >= 0.3 is 11.9 Å². The fourth-order valence-electron chi connectivity index (χ4n) is 1.37. The van der Waals surface area contributed by atoms with E-state index in [0.717, 1.165) is 0 Å². The van der Waals surface area contributed by atoms with Crippen LogP contribution in [0.1, 0.15) is 27.7 Å². The van der Waals surface area contributed by atoms with Crippen LogP contribution in [0, 0.1) is 0 Å². The van der Waals surface area contributed by atoms with Gasteiger partial charge in [-0.15, -0.1) is 0 Å². The van der Waals surface area contributed by atoms with Gasteiger partial charge < -0.3 is 14.4 Å². The normalized spacial score (nSPS) is 12.0. The molecule has 6 nitrogen and oxygen atoms in total. The van der Waals surface area contributed by atoms with E-state index in [4.69, 9.17) is 9.47 Å². The first kappa shape index (κ1) is 17.2. The molecule has 0 aromatic rings. The number of hydrogen-bond acceptors (Lipinski definition) is 5. The van der Waals surface area contributed by atoms with Crippen molar-refractivity contribution in [2.75, 3.05) is 19.7 Å². The molecule has 0 fully saturated rings. The summed E-state index contributed by atoms with van der Waals surface area (Å²) >= 11 is 0. The van der Waals surface area contributed by atoms with Crippen LogP contribution in [0.2, 0.25) is 0 Å². The van der Waals surface area contributed by atoms with E-state index >= 15 is 0 Å². The lowest BCUT2D eigenvalue weighted by Gasteiger charge is -2.17. The van der Waals surface area contributed by atoms with Crippen molar-refractivity contribution in [1.29, 1.82) is 0 Å². The lowest BCUT2D eigenvalue weighted by atomic mass is 10.3. The molecule has 0 saturated carbocycles. The van der Waals surface area contributed by atoms with E-state index in [1.807, 2.05) is 13.8 Å². The Morgan fingerprint density at radius 2 is 1.68 bits per heavy atom. The molecule has 0 radical (unpaired) electrons. The molecule has 0 rings (SSSR count). The SMILES string of the molecule is CCN(CC)C(=O)/C=C/C(COC(C)=O)OC(C)=O. The van der Waals surface area contributed by atoms with Crippen molar-refractivity contribution >= 4 is 17.8 Å². The van der Waals surface area contributed by atoms with Crippen molar-refractivity contribution in [2.24, 2.45) is 0 Å². The van der Waals surface area contributed by atoms with Gasteiger partial charge in [-0.3, -0.25) is 14.4 Å². The second kappa shape index (κ2) is 9.13. The van der Waals surface area contributed by atoms with Crippen LogP contribution in [0.15, 0.2) is 12.2 Å². The van der Waals surface area contributed by atoms with Gasteiger partial charge in [0.1, 0.15) is 6.61 Å². The molecule has 0 aromatic heterocycles. The molecule has 0 aliphatic rings. The molecular formula is C13H21NO5. The molecule has 0 bridgehead atoms. The minimum Gasteiger partial charge on any atom is -0.462 e. The molecule has 6 heteroatoms. The molecule has 1 unspecified atom stereocenters. The number of nitrogens with zero attached hydrogens (tertiary/aromatic N) is 1. The monoisotopic (exact) mass is 271 g/mol. The Morgan fingerprint density at radius 3 is 2.11 bits per heavy atom. The number of ether oxygens (including phenoxy) is 2. The van der Waals surface area contributed by atoms with Gasteiger partial charge in [-0.05, 0) is 19.9 Å². The molecule has 0 aliphatic carbocycles. The summed E-state index contributed by atoms with van der Waals surface area (Å²) in [7, 11) is 0. The van der Waals surface area contributed by atoms with E-state index in [1.165, 1.54) is 26.0 Å². The van der Waals surface area contributed by atoms with E-state index in [9.17, 15) is 14.4 Å². The minimum absolute atomic E-state index is 0.100. The number of esters is 2. The fraction of sp³-hybridized carbons (Fsp3) is 0.615. The van der Waals surface area contributed by atoms with Gasteiger partial charge in [-0.2, -0.15) is 0 Å². The molecule has 0 saturated heterocycles. The van der Waals surface area contributed by atoms with Gasteiger partial charge in [0.25, 0.3) is 0 Å². The molecule has 1 atom stereocenters. The van der Waals surface area contributed by atoms with Crippen molar-refractivity contribution in [1.82, 2.24) is 4.90 Å². The summed E-state index contributed by atoms with van der Waals surface area (Å²) in [5.74, 6) is -1.15. The number of likely N-dealkylation sites (N-methyl/N-ethyl adjacent to an activating group) is 1. The highest BCUT2D eigenvalue weighted by Gasteiger charge is 2.12. The zero-order valence-electron chi connectivity index (χ0n) is 11.8. The van der Waals surface area contributed by atoms with Crippen molar-refractivity contribution < 1.29 is 23.9 Å². The first-order valence-electron chi connectivity index (χ1n) is 6.18. The second-order valence-corrected chi connectivity index (χ2v) is 3.82. The van der Waals surface area contributed by atoms with Gasteiger partial charge in [-0.1, -0.05) is 0 Å². The standard InChI is InChI=1S/C13H21NO5/c1-5-14(6-2)13(17)8-7-12(19-11(4)16)9-18-10(3)15/h7-8,12H,5-6,9H2,1-4H3/b8-7+. The maximum absolute atomic E-state index is 11.7. The fourth-order valence-corrected chi connectivity index (χ4v) is 1.37. The van der Waals surface area contributed by atoms with Crippen molar-refractivity contribution in [3.63, 3.8) is 0 Å². The summed E-state index contributed by atoms with van der Waals surface area (Å²) in [6.07, 6.45) is 2.00. The van der Waals surface area contributed by atoms with Crippen molar-refractivity contribution in [3.05, 3.63) is 12.2 Å². The summed E-state index contributed by atoms with van der Waals surface area (Å²) in [6.45, 7) is 7.35. The highest BCUT2D eigenvalue weighted by atomic mass is 16.6. The van der Waals surface area contributed by atoms with Crippen LogP contribution in [0.4, 0.5) is 0 Å². The molecule has 0 aromatic carbocycles. The molecule has 1 amide bonds. The smallest absolute Gasteiger partial charge is 0.303 e. The van der Waals surface area contributed by atoms with E-state index in [0.29, 0.717) is 13.1 Å². The van der Waals surface area contributed by atoms with Gasteiger partial charge in [0.15, 0.2) is 6.10 Å². The summed E-state index contributed by atoms with van der Waals surface area (Å²) in [4.78, 5) is 35.0. The van der Waals surface area contributed by atoms with Gasteiger partial charge in [0.05, 0.1) is 0 Å². The zero-order chi connectivity index (χ0) is 14.8. The molecule has 0 spiro atoms. The average molecular weight is 271 g/mol. The molecule has 0 aliphatic heterocycles. The molecular weight excluding hydrogens is 250 g/mol. The maximum atomic E-state index is 11.7. The van der Waals surface area contributed by atoms with Crippen LogP contribution in [0.3, 0.4) is 0 Å². The van der Waals surface area contributed by atoms with Crippen LogP contribution in [0.25, 0.3) is 0 Å². The summed E-state index contributed by atoms with van der Waals surface area (Å²) in [5.41, 5.74) is 0. The topological polar surface area (TPSA) is 72.9 Å². The number of carbonyl (C=O) groups excluding carboxylic acids is 3. The van der Waals surface area contributed by atoms with Gasteiger partial charge in [-0.25, -0.2) is 0 Å². The van der Waals surface area contributed by atoms with Crippen LogP contribution >= 0.6 is 0 Å². The van der Waals surface area contributed by atoms with E-state index in [-0.39, 0.29) is 12.5 Å². The van der Waals surface area contributed by atoms with E-state index < -0.39 is 18.0 Å². The number of carbonyl (C=O) groups is 3. The van der Waals surface area contributed by atoms with Crippen LogP contribution in [-0.4, -0.2) is 48.5 Å².